The number of amides is 1. The fourth-order valence-corrected chi connectivity index (χ4v) is 1.44. The summed E-state index contributed by atoms with van der Waals surface area (Å²) >= 11 is 0. The van der Waals surface area contributed by atoms with Crippen molar-refractivity contribution in [3.63, 3.8) is 0 Å². The summed E-state index contributed by atoms with van der Waals surface area (Å²) < 4.78 is 5.58. The van der Waals surface area contributed by atoms with Crippen molar-refractivity contribution in [1.82, 2.24) is 5.32 Å². The van der Waals surface area contributed by atoms with Crippen molar-refractivity contribution in [3.05, 3.63) is 0 Å². The van der Waals surface area contributed by atoms with Gasteiger partial charge >= 0.3 is 0 Å². The molecule has 0 radical (unpaired) electrons. The van der Waals surface area contributed by atoms with Crippen LogP contribution in [0.4, 0.5) is 0 Å². The molecule has 3 unspecified atom stereocenters. The fourth-order valence-electron chi connectivity index (χ4n) is 1.44. The molecule has 3 atom stereocenters. The molecule has 0 spiro atoms. The van der Waals surface area contributed by atoms with Crippen molar-refractivity contribution in [2.24, 2.45) is 5.73 Å². The molecular weight excluding hydrogens is 168 g/mol. The third-order valence-electron chi connectivity index (χ3n) is 2.40. The molecule has 1 fully saturated rings. The summed E-state index contributed by atoms with van der Waals surface area (Å²) in [5.41, 5.74) is 5.11. The predicted octanol–water partition coefficient (Wildman–Crippen LogP) is 0.0173. The summed E-state index contributed by atoms with van der Waals surface area (Å²) in [5.74, 6) is -0.314. The van der Waals surface area contributed by atoms with E-state index in [0.717, 1.165) is 12.8 Å². The molecular formula is C9H18N2O2. The largest absolute Gasteiger partial charge is 0.374 e. The number of hydrogen-bond donors (Lipinski definition) is 2. The summed E-state index contributed by atoms with van der Waals surface area (Å²) in [4.78, 5) is 10.7. The zero-order valence-corrected chi connectivity index (χ0v) is 8.25. The van der Waals surface area contributed by atoms with E-state index in [4.69, 9.17) is 10.5 Å². The minimum atomic E-state index is -0.314. The first-order valence-electron chi connectivity index (χ1n) is 4.77. The molecule has 4 heteroatoms. The maximum absolute atomic E-state index is 10.7. The maximum atomic E-state index is 10.7. The first-order chi connectivity index (χ1) is 6.09. The lowest BCUT2D eigenvalue weighted by Gasteiger charge is -2.14. The Morgan fingerprint density at radius 1 is 1.69 bits per heavy atom. The molecule has 1 saturated heterocycles. The van der Waals surface area contributed by atoms with Crippen LogP contribution in [0.5, 0.6) is 0 Å². The van der Waals surface area contributed by atoms with Gasteiger partial charge in [-0.1, -0.05) is 0 Å². The highest BCUT2D eigenvalue weighted by Gasteiger charge is 2.22. The second kappa shape index (κ2) is 4.58. The van der Waals surface area contributed by atoms with Crippen molar-refractivity contribution >= 4 is 5.91 Å². The first-order valence-corrected chi connectivity index (χ1v) is 4.77. The van der Waals surface area contributed by atoms with Gasteiger partial charge in [-0.3, -0.25) is 4.79 Å². The Labute approximate surface area is 78.8 Å². The van der Waals surface area contributed by atoms with Gasteiger partial charge in [-0.2, -0.15) is 0 Å². The zero-order chi connectivity index (χ0) is 9.84. The van der Waals surface area contributed by atoms with Gasteiger partial charge in [0.25, 0.3) is 0 Å². The number of nitrogens with two attached hydrogens (primary N) is 1. The van der Waals surface area contributed by atoms with Crippen LogP contribution in [0, 0.1) is 0 Å². The lowest BCUT2D eigenvalue weighted by atomic mass is 10.2. The molecule has 0 aromatic carbocycles. The van der Waals surface area contributed by atoms with E-state index in [9.17, 15) is 4.79 Å². The number of nitrogens with one attached hydrogen (secondary N) is 1. The highest BCUT2D eigenvalue weighted by Crippen LogP contribution is 2.18. The molecule has 3 N–H and O–H groups in total. The summed E-state index contributed by atoms with van der Waals surface area (Å²) in [5, 5.41) is 3.04. The van der Waals surface area contributed by atoms with Crippen LogP contribution in [0.15, 0.2) is 0 Å². The lowest BCUT2D eigenvalue weighted by molar-refractivity contribution is -0.119. The molecule has 1 rings (SSSR count). The lowest BCUT2D eigenvalue weighted by Crippen LogP contribution is -2.42. The van der Waals surface area contributed by atoms with Crippen LogP contribution in [0.3, 0.4) is 0 Å². The van der Waals surface area contributed by atoms with Gasteiger partial charge in [0.2, 0.25) is 5.91 Å². The van der Waals surface area contributed by atoms with Gasteiger partial charge in [0, 0.05) is 6.54 Å². The van der Waals surface area contributed by atoms with Crippen molar-refractivity contribution in [1.29, 1.82) is 0 Å². The number of carbonyl (C=O) groups is 1. The third kappa shape index (κ3) is 3.32. The molecule has 1 heterocycles. The van der Waals surface area contributed by atoms with E-state index in [0.29, 0.717) is 12.6 Å². The number of hydrogen-bond acceptors (Lipinski definition) is 3. The van der Waals surface area contributed by atoms with Crippen molar-refractivity contribution in [2.45, 2.75) is 44.9 Å². The molecule has 1 aliphatic rings. The quantitative estimate of drug-likeness (QED) is 0.650. The van der Waals surface area contributed by atoms with E-state index in [1.807, 2.05) is 0 Å². The Balaban J connectivity index is 2.16. The van der Waals surface area contributed by atoms with Gasteiger partial charge in [0.15, 0.2) is 0 Å². The van der Waals surface area contributed by atoms with E-state index < -0.39 is 0 Å². The Bertz CT molecular complexity index is 184. The van der Waals surface area contributed by atoms with Gasteiger partial charge < -0.3 is 15.8 Å². The highest BCUT2D eigenvalue weighted by molar-refractivity contribution is 5.79. The fraction of sp³-hybridized carbons (Fsp3) is 0.889. The Morgan fingerprint density at radius 3 is 2.85 bits per heavy atom. The summed E-state index contributed by atoms with van der Waals surface area (Å²) in [6.45, 7) is 4.55. The second-order valence-electron chi connectivity index (χ2n) is 3.68. The monoisotopic (exact) mass is 186 g/mol. The molecule has 0 aliphatic carbocycles. The normalized spacial score (nSPS) is 30.3. The predicted molar refractivity (Wildman–Crippen MR) is 50.2 cm³/mol. The second-order valence-corrected chi connectivity index (χ2v) is 3.68. The molecule has 0 aromatic heterocycles. The Morgan fingerprint density at radius 2 is 2.38 bits per heavy atom. The van der Waals surface area contributed by atoms with Gasteiger partial charge in [0.1, 0.15) is 0 Å². The van der Waals surface area contributed by atoms with Gasteiger partial charge in [-0.05, 0) is 26.7 Å². The van der Waals surface area contributed by atoms with E-state index in [1.54, 1.807) is 6.92 Å². The molecule has 1 amide bonds. The van der Waals surface area contributed by atoms with Crippen molar-refractivity contribution in [3.8, 4) is 0 Å². The molecule has 0 saturated carbocycles. The van der Waals surface area contributed by atoms with Crippen LogP contribution in [-0.4, -0.2) is 30.7 Å². The van der Waals surface area contributed by atoms with E-state index in [2.05, 4.69) is 12.2 Å². The first kappa shape index (κ1) is 10.5. The molecule has 0 aromatic rings. The molecule has 0 bridgehead atoms. The van der Waals surface area contributed by atoms with Crippen LogP contribution in [0.25, 0.3) is 0 Å². The molecule has 1 aliphatic heterocycles. The number of primary amides is 1. The van der Waals surface area contributed by atoms with E-state index in [-0.39, 0.29) is 18.1 Å². The van der Waals surface area contributed by atoms with E-state index in [1.165, 1.54) is 0 Å². The van der Waals surface area contributed by atoms with Crippen molar-refractivity contribution < 1.29 is 9.53 Å². The number of carbonyl (C=O) groups excluding carboxylic acids is 1. The Kier molecular flexibility index (Phi) is 3.69. The van der Waals surface area contributed by atoms with E-state index >= 15 is 0 Å². The summed E-state index contributed by atoms with van der Waals surface area (Å²) in [6.07, 6.45) is 2.78. The summed E-state index contributed by atoms with van der Waals surface area (Å²) in [6, 6.07) is -0.264. The highest BCUT2D eigenvalue weighted by atomic mass is 16.5. The Hall–Kier alpha value is -0.610. The average molecular weight is 186 g/mol. The number of ether oxygens (including phenoxy) is 1. The summed E-state index contributed by atoms with van der Waals surface area (Å²) in [7, 11) is 0. The van der Waals surface area contributed by atoms with Crippen LogP contribution in [0.1, 0.15) is 26.7 Å². The minimum Gasteiger partial charge on any atom is -0.374 e. The smallest absolute Gasteiger partial charge is 0.234 e. The topological polar surface area (TPSA) is 64.3 Å². The maximum Gasteiger partial charge on any atom is 0.234 e. The zero-order valence-electron chi connectivity index (χ0n) is 8.25. The number of rotatable bonds is 4. The molecule has 76 valence electrons. The van der Waals surface area contributed by atoms with Crippen molar-refractivity contribution in [2.75, 3.05) is 6.54 Å². The van der Waals surface area contributed by atoms with Gasteiger partial charge in [-0.15, -0.1) is 0 Å². The van der Waals surface area contributed by atoms with Crippen LogP contribution < -0.4 is 11.1 Å². The van der Waals surface area contributed by atoms with Gasteiger partial charge in [0.05, 0.1) is 18.2 Å². The SMILES string of the molecule is CC1CCC(CNC(C)C(N)=O)O1. The van der Waals surface area contributed by atoms with Crippen LogP contribution >= 0.6 is 0 Å². The standard InChI is InChI=1S/C9H18N2O2/c1-6-3-4-8(13-6)5-11-7(2)9(10)12/h6-8,11H,3-5H2,1-2H3,(H2,10,12). The third-order valence-corrected chi connectivity index (χ3v) is 2.40. The molecule has 4 nitrogen and oxygen atoms in total. The molecule has 13 heavy (non-hydrogen) atoms. The van der Waals surface area contributed by atoms with Crippen LogP contribution in [-0.2, 0) is 9.53 Å². The van der Waals surface area contributed by atoms with Crippen LogP contribution in [0.2, 0.25) is 0 Å². The average Bonchev–Trinajstić information content (AvgIpc) is 2.47. The van der Waals surface area contributed by atoms with Gasteiger partial charge in [-0.25, -0.2) is 0 Å². The minimum absolute atomic E-state index is 0.247.